The van der Waals surface area contributed by atoms with E-state index >= 15 is 0 Å². The van der Waals surface area contributed by atoms with Crippen LogP contribution in [0.15, 0.2) is 41.1 Å². The second-order valence-corrected chi connectivity index (χ2v) is 4.47. The molecule has 0 bridgehead atoms. The van der Waals surface area contributed by atoms with Crippen molar-refractivity contribution in [3.63, 3.8) is 0 Å². The highest BCUT2D eigenvalue weighted by atomic mass is 79.9. The van der Waals surface area contributed by atoms with Gasteiger partial charge in [-0.15, -0.1) is 0 Å². The third kappa shape index (κ3) is 2.95. The van der Waals surface area contributed by atoms with Gasteiger partial charge in [0.25, 0.3) is 5.91 Å². The van der Waals surface area contributed by atoms with Crippen LogP contribution < -0.4 is 5.32 Å². The van der Waals surface area contributed by atoms with Crippen molar-refractivity contribution < 1.29 is 9.18 Å². The summed E-state index contributed by atoms with van der Waals surface area (Å²) in [6.45, 7) is 0. The highest BCUT2D eigenvalue weighted by Crippen LogP contribution is 2.24. The van der Waals surface area contributed by atoms with Crippen molar-refractivity contribution in [3.8, 4) is 6.07 Å². The molecule has 0 aliphatic heterocycles. The van der Waals surface area contributed by atoms with Crippen LogP contribution in [-0.4, -0.2) is 10.9 Å². The van der Waals surface area contributed by atoms with Gasteiger partial charge in [-0.2, -0.15) is 5.26 Å². The Hall–Kier alpha value is -2.26. The lowest BCUT2D eigenvalue weighted by molar-refractivity contribution is 0.102. The number of benzene rings is 1. The second-order valence-electron chi connectivity index (χ2n) is 3.62. The summed E-state index contributed by atoms with van der Waals surface area (Å²) in [5.74, 6) is -1.27. The first-order chi connectivity index (χ1) is 9.11. The Morgan fingerprint density at radius 3 is 2.84 bits per heavy atom. The van der Waals surface area contributed by atoms with Crippen LogP contribution in [0.4, 0.5) is 10.1 Å². The summed E-state index contributed by atoms with van der Waals surface area (Å²) in [5, 5.41) is 11.3. The molecule has 0 spiro atoms. The van der Waals surface area contributed by atoms with Crippen molar-refractivity contribution in [2.75, 3.05) is 5.32 Å². The number of halogens is 2. The van der Waals surface area contributed by atoms with Crippen LogP contribution in [-0.2, 0) is 0 Å². The molecule has 0 radical (unpaired) electrons. The molecule has 2 aromatic rings. The Balaban J connectivity index is 2.25. The number of hydrogen-bond donors (Lipinski definition) is 1. The maximum atomic E-state index is 13.4. The van der Waals surface area contributed by atoms with Gasteiger partial charge in [-0.1, -0.05) is 0 Å². The van der Waals surface area contributed by atoms with Crippen LogP contribution in [0.25, 0.3) is 0 Å². The van der Waals surface area contributed by atoms with Gasteiger partial charge in [0.1, 0.15) is 0 Å². The number of nitrogens with zero attached hydrogens (tertiary/aromatic N) is 2. The molecule has 0 aliphatic rings. The molecule has 1 amide bonds. The molecular weight excluding hydrogens is 313 g/mol. The smallest absolute Gasteiger partial charge is 0.258 e. The molecule has 1 N–H and O–H groups in total. The molecule has 1 aromatic heterocycles. The minimum absolute atomic E-state index is 0.0914. The number of carbonyl (C=O) groups is 1. The molecule has 94 valence electrons. The van der Waals surface area contributed by atoms with E-state index in [0.717, 1.165) is 6.20 Å². The maximum absolute atomic E-state index is 13.4. The van der Waals surface area contributed by atoms with Crippen LogP contribution in [0.1, 0.15) is 15.9 Å². The first-order valence-electron chi connectivity index (χ1n) is 5.22. The first-order valence-corrected chi connectivity index (χ1v) is 6.01. The fourth-order valence-corrected chi connectivity index (χ4v) is 1.91. The number of pyridine rings is 1. The summed E-state index contributed by atoms with van der Waals surface area (Å²) in [5.41, 5.74) is 0.825. The van der Waals surface area contributed by atoms with Gasteiger partial charge < -0.3 is 5.32 Å². The number of amides is 1. The quantitative estimate of drug-likeness (QED) is 0.924. The minimum Gasteiger partial charge on any atom is -0.321 e. The number of nitriles is 1. The van der Waals surface area contributed by atoms with Gasteiger partial charge in [0.2, 0.25) is 0 Å². The monoisotopic (exact) mass is 319 g/mol. The summed E-state index contributed by atoms with van der Waals surface area (Å²) >= 11 is 3.24. The van der Waals surface area contributed by atoms with E-state index in [1.165, 1.54) is 12.3 Å². The Bertz CT molecular complexity index is 682. The molecule has 0 saturated heterocycles. The van der Waals surface area contributed by atoms with E-state index in [-0.39, 0.29) is 5.56 Å². The summed E-state index contributed by atoms with van der Waals surface area (Å²) in [7, 11) is 0. The van der Waals surface area contributed by atoms with Gasteiger partial charge in [0.05, 0.1) is 29.1 Å². The van der Waals surface area contributed by atoms with Gasteiger partial charge in [-0.05, 0) is 40.2 Å². The predicted molar refractivity (Wildman–Crippen MR) is 71.0 cm³/mol. The Morgan fingerprint density at radius 1 is 1.42 bits per heavy atom. The van der Waals surface area contributed by atoms with Gasteiger partial charge in [-0.3, -0.25) is 9.78 Å². The van der Waals surface area contributed by atoms with Crippen molar-refractivity contribution in [2.24, 2.45) is 0 Å². The third-order valence-corrected chi connectivity index (χ3v) is 3.02. The van der Waals surface area contributed by atoms with E-state index < -0.39 is 11.7 Å². The molecule has 0 atom stereocenters. The zero-order valence-corrected chi connectivity index (χ0v) is 11.1. The van der Waals surface area contributed by atoms with Crippen molar-refractivity contribution in [2.45, 2.75) is 0 Å². The molecule has 1 heterocycles. The fourth-order valence-electron chi connectivity index (χ4n) is 1.44. The van der Waals surface area contributed by atoms with E-state index in [0.29, 0.717) is 15.7 Å². The lowest BCUT2D eigenvalue weighted by Gasteiger charge is -2.08. The Labute approximate surface area is 117 Å². The Kier molecular flexibility index (Phi) is 3.88. The molecule has 0 aliphatic carbocycles. The molecule has 0 saturated carbocycles. The van der Waals surface area contributed by atoms with Crippen LogP contribution in [0.2, 0.25) is 0 Å². The molecule has 0 unspecified atom stereocenters. The fraction of sp³-hybridized carbons (Fsp3) is 0. The lowest BCUT2D eigenvalue weighted by Crippen LogP contribution is -2.14. The first kappa shape index (κ1) is 13.2. The highest BCUT2D eigenvalue weighted by Gasteiger charge is 2.12. The summed E-state index contributed by atoms with van der Waals surface area (Å²) in [4.78, 5) is 15.5. The zero-order chi connectivity index (χ0) is 13.8. The molecule has 2 rings (SSSR count). The average molecular weight is 320 g/mol. The zero-order valence-electron chi connectivity index (χ0n) is 9.52. The number of carbonyl (C=O) groups excluding carboxylic acids is 1. The summed E-state index contributed by atoms with van der Waals surface area (Å²) in [6.07, 6.45) is 2.31. The second kappa shape index (κ2) is 5.59. The molecule has 4 nitrogen and oxygen atoms in total. The molecule has 6 heteroatoms. The topological polar surface area (TPSA) is 65.8 Å². The van der Waals surface area contributed by atoms with Gasteiger partial charge in [-0.25, -0.2) is 4.39 Å². The largest absolute Gasteiger partial charge is 0.321 e. The van der Waals surface area contributed by atoms with Crippen LogP contribution in [0.3, 0.4) is 0 Å². The third-order valence-electron chi connectivity index (χ3n) is 2.36. The van der Waals surface area contributed by atoms with E-state index in [1.807, 2.05) is 6.07 Å². The molecule has 0 fully saturated rings. The summed E-state index contributed by atoms with van der Waals surface area (Å²) in [6, 6.07) is 7.97. The predicted octanol–water partition coefficient (Wildman–Crippen LogP) is 3.11. The van der Waals surface area contributed by atoms with Gasteiger partial charge in [0.15, 0.2) is 5.82 Å². The van der Waals surface area contributed by atoms with E-state index in [4.69, 9.17) is 5.26 Å². The van der Waals surface area contributed by atoms with Gasteiger partial charge >= 0.3 is 0 Å². The van der Waals surface area contributed by atoms with Crippen molar-refractivity contribution in [3.05, 3.63) is 58.1 Å². The van der Waals surface area contributed by atoms with Crippen molar-refractivity contribution in [1.82, 2.24) is 4.98 Å². The van der Waals surface area contributed by atoms with Crippen LogP contribution in [0.5, 0.6) is 0 Å². The maximum Gasteiger partial charge on any atom is 0.258 e. The van der Waals surface area contributed by atoms with E-state index in [1.54, 1.807) is 18.2 Å². The highest BCUT2D eigenvalue weighted by molar-refractivity contribution is 9.10. The minimum atomic E-state index is -0.690. The number of hydrogen-bond acceptors (Lipinski definition) is 3. The number of aromatic nitrogens is 1. The average Bonchev–Trinajstić information content (AvgIpc) is 2.41. The van der Waals surface area contributed by atoms with Crippen LogP contribution in [0, 0.1) is 17.1 Å². The molecule has 1 aromatic carbocycles. The Morgan fingerprint density at radius 2 is 2.21 bits per heavy atom. The number of rotatable bonds is 2. The van der Waals surface area contributed by atoms with Gasteiger partial charge in [0, 0.05) is 10.7 Å². The normalized spacial score (nSPS) is 9.74. The van der Waals surface area contributed by atoms with E-state index in [2.05, 4.69) is 26.2 Å². The molecular formula is C13H7BrFN3O. The van der Waals surface area contributed by atoms with E-state index in [9.17, 15) is 9.18 Å². The SMILES string of the molecule is N#Cc1ccc(NC(=O)c2ccncc2F)c(Br)c1. The number of anilines is 1. The van der Waals surface area contributed by atoms with Crippen molar-refractivity contribution >= 4 is 27.5 Å². The lowest BCUT2D eigenvalue weighted by atomic mass is 10.2. The van der Waals surface area contributed by atoms with Crippen LogP contribution >= 0.6 is 15.9 Å². The number of nitrogens with one attached hydrogen (secondary N) is 1. The van der Waals surface area contributed by atoms with Crippen molar-refractivity contribution in [1.29, 1.82) is 5.26 Å². The molecule has 19 heavy (non-hydrogen) atoms. The standard InChI is InChI=1S/C13H7BrFN3O/c14-10-5-8(6-16)1-2-12(10)18-13(19)9-3-4-17-7-11(9)15/h1-5,7H,(H,18,19). The summed E-state index contributed by atoms with van der Waals surface area (Å²) < 4.78 is 13.9.